The molecule has 11 heteroatoms. The third-order valence-electron chi connectivity index (χ3n) is 3.71. The highest BCUT2D eigenvalue weighted by Crippen LogP contribution is 2.28. The molecule has 0 fully saturated rings. The number of hydrogen-bond acceptors (Lipinski definition) is 9. The molecule has 0 heterocycles. The van der Waals surface area contributed by atoms with Crippen molar-refractivity contribution in [3.05, 3.63) is 62.2 Å². The normalized spacial score (nSPS) is 9.79. The third-order valence-corrected chi connectivity index (χ3v) is 3.71. The van der Waals surface area contributed by atoms with Gasteiger partial charge in [0, 0.05) is 37.3 Å². The van der Waals surface area contributed by atoms with Crippen LogP contribution < -0.4 is 21.1 Å². The molecule has 0 unspecified atom stereocenters. The van der Waals surface area contributed by atoms with Gasteiger partial charge in [-0.15, -0.1) is 0 Å². The number of methoxy groups -OCH3 is 1. The molecule has 0 amide bonds. The van der Waals surface area contributed by atoms with E-state index in [1.165, 1.54) is 13.2 Å². The first kappa shape index (κ1) is 23.6. The van der Waals surface area contributed by atoms with E-state index >= 15 is 0 Å². The zero-order valence-corrected chi connectivity index (χ0v) is 16.3. The first-order valence-electron chi connectivity index (χ1n) is 8.70. The van der Waals surface area contributed by atoms with Gasteiger partial charge in [0.05, 0.1) is 23.6 Å². The number of nitro benzene ring substituents is 2. The monoisotopic (exact) mass is 407 g/mol. The maximum atomic E-state index is 10.7. The van der Waals surface area contributed by atoms with Gasteiger partial charge in [0.25, 0.3) is 11.4 Å². The number of aliphatic hydroxyl groups excluding tert-OH is 1. The number of nitro groups is 2. The van der Waals surface area contributed by atoms with Crippen molar-refractivity contribution < 1.29 is 19.7 Å². The molecule has 0 aliphatic heterocycles. The van der Waals surface area contributed by atoms with E-state index in [9.17, 15) is 20.2 Å². The lowest BCUT2D eigenvalue weighted by atomic mass is 10.1. The van der Waals surface area contributed by atoms with Gasteiger partial charge in [-0.1, -0.05) is 12.1 Å². The molecule has 0 bridgehead atoms. The van der Waals surface area contributed by atoms with Crippen LogP contribution in [-0.4, -0.2) is 48.3 Å². The molecule has 0 atom stereocenters. The Balaban J connectivity index is 0.000000291. The van der Waals surface area contributed by atoms with Gasteiger partial charge < -0.3 is 26.2 Å². The van der Waals surface area contributed by atoms with Gasteiger partial charge in [-0.3, -0.25) is 20.2 Å². The lowest BCUT2D eigenvalue weighted by Crippen LogP contribution is -2.14. The van der Waals surface area contributed by atoms with E-state index in [1.807, 2.05) is 0 Å². The fraction of sp³-hybridized carbons (Fsp3) is 0.333. The number of hydrogen-bond donors (Lipinski definition) is 4. The molecule has 158 valence electrons. The van der Waals surface area contributed by atoms with Gasteiger partial charge in [-0.2, -0.15) is 0 Å². The number of benzene rings is 2. The summed E-state index contributed by atoms with van der Waals surface area (Å²) in [7, 11) is 1.51. The molecule has 2 aromatic rings. The van der Waals surface area contributed by atoms with Gasteiger partial charge in [0.15, 0.2) is 0 Å². The second-order valence-electron chi connectivity index (χ2n) is 5.73. The summed E-state index contributed by atoms with van der Waals surface area (Å²) in [6.45, 7) is 2.83. The predicted molar refractivity (Wildman–Crippen MR) is 111 cm³/mol. The molecule has 0 saturated carbocycles. The van der Waals surface area contributed by atoms with Crippen LogP contribution in [0.2, 0.25) is 0 Å². The molecular formula is C18H25N5O6. The van der Waals surface area contributed by atoms with Crippen molar-refractivity contribution in [2.45, 2.75) is 6.92 Å². The molecule has 0 aliphatic rings. The summed E-state index contributed by atoms with van der Waals surface area (Å²) in [5.41, 5.74) is 6.88. The van der Waals surface area contributed by atoms with Crippen molar-refractivity contribution in [2.75, 3.05) is 44.0 Å². The minimum atomic E-state index is -0.446. The van der Waals surface area contributed by atoms with Gasteiger partial charge in [-0.05, 0) is 19.1 Å². The van der Waals surface area contributed by atoms with Gasteiger partial charge in [0.2, 0.25) is 0 Å². The number of nitrogens with one attached hydrogen (secondary N) is 2. The van der Waals surface area contributed by atoms with E-state index in [1.54, 1.807) is 37.3 Å². The highest BCUT2D eigenvalue weighted by molar-refractivity contribution is 5.65. The molecule has 11 nitrogen and oxygen atoms in total. The maximum Gasteiger partial charge on any atom is 0.295 e. The Morgan fingerprint density at radius 2 is 1.76 bits per heavy atom. The number of ether oxygens (including phenoxy) is 1. The van der Waals surface area contributed by atoms with E-state index in [2.05, 4.69) is 10.6 Å². The number of anilines is 2. The lowest BCUT2D eigenvalue weighted by Gasteiger charge is -2.07. The lowest BCUT2D eigenvalue weighted by molar-refractivity contribution is -0.384. The Morgan fingerprint density at radius 3 is 2.31 bits per heavy atom. The molecule has 5 N–H and O–H groups in total. The molecule has 0 spiro atoms. The summed E-state index contributed by atoms with van der Waals surface area (Å²) in [4.78, 5) is 20.5. The maximum absolute atomic E-state index is 10.7. The smallest absolute Gasteiger partial charge is 0.295 e. The Morgan fingerprint density at radius 1 is 1.07 bits per heavy atom. The fourth-order valence-corrected chi connectivity index (χ4v) is 2.38. The van der Waals surface area contributed by atoms with Crippen LogP contribution in [0, 0.1) is 27.2 Å². The predicted octanol–water partition coefficient (Wildman–Crippen LogP) is 2.28. The zero-order chi connectivity index (χ0) is 21.8. The number of aryl methyl sites for hydroxylation is 1. The molecule has 29 heavy (non-hydrogen) atoms. The van der Waals surface area contributed by atoms with Crippen molar-refractivity contribution >= 4 is 22.7 Å². The van der Waals surface area contributed by atoms with Crippen LogP contribution in [0.1, 0.15) is 5.56 Å². The molecule has 0 saturated heterocycles. The molecule has 0 radical (unpaired) electrons. The van der Waals surface area contributed by atoms with Crippen LogP contribution in [0.25, 0.3) is 0 Å². The van der Waals surface area contributed by atoms with Crippen LogP contribution in [0.5, 0.6) is 5.75 Å². The van der Waals surface area contributed by atoms with Crippen molar-refractivity contribution in [1.82, 2.24) is 0 Å². The molecule has 0 aliphatic carbocycles. The van der Waals surface area contributed by atoms with Crippen LogP contribution in [0.3, 0.4) is 0 Å². The standard InChI is InChI=1S/C9H13N3O3.C9H12N2O3/c1-15-7-2-3-9(12(13)14)8(6-7)11-5-4-10;1-7-3-2-4-8(10-5-6-12)9(7)11(13)14/h2-3,6,11H,4-5,10H2,1H3;2-4,10,12H,5-6H2,1H3. The SMILES string of the molecule is COc1ccc([N+](=O)[O-])c(NCCN)c1.Cc1cccc(NCCO)c1[N+](=O)[O-]. The highest BCUT2D eigenvalue weighted by atomic mass is 16.6. The average molecular weight is 407 g/mol. The number of rotatable bonds is 9. The second-order valence-corrected chi connectivity index (χ2v) is 5.73. The Bertz CT molecular complexity index is 830. The summed E-state index contributed by atoms with van der Waals surface area (Å²) >= 11 is 0. The molecular weight excluding hydrogens is 382 g/mol. The summed E-state index contributed by atoms with van der Waals surface area (Å²) in [5.74, 6) is 0.570. The highest BCUT2D eigenvalue weighted by Gasteiger charge is 2.16. The van der Waals surface area contributed by atoms with Crippen molar-refractivity contribution in [2.24, 2.45) is 5.73 Å². The molecule has 2 rings (SSSR count). The first-order valence-corrected chi connectivity index (χ1v) is 8.70. The van der Waals surface area contributed by atoms with E-state index in [4.69, 9.17) is 15.6 Å². The summed E-state index contributed by atoms with van der Waals surface area (Å²) in [6, 6.07) is 9.57. The quantitative estimate of drug-likeness (QED) is 0.360. The minimum Gasteiger partial charge on any atom is -0.497 e. The molecule has 2 aromatic carbocycles. The summed E-state index contributed by atoms with van der Waals surface area (Å²) < 4.78 is 4.98. The van der Waals surface area contributed by atoms with Crippen molar-refractivity contribution in [1.29, 1.82) is 0 Å². The Hall–Kier alpha value is -3.44. The topological polar surface area (TPSA) is 166 Å². The Kier molecular flexibility index (Phi) is 9.85. The Labute approximate surface area is 167 Å². The van der Waals surface area contributed by atoms with Gasteiger partial charge >= 0.3 is 0 Å². The van der Waals surface area contributed by atoms with Crippen LogP contribution in [0.15, 0.2) is 36.4 Å². The first-order chi connectivity index (χ1) is 13.8. The largest absolute Gasteiger partial charge is 0.497 e. The van der Waals surface area contributed by atoms with E-state index in [-0.39, 0.29) is 18.0 Å². The third kappa shape index (κ3) is 7.24. The summed E-state index contributed by atoms with van der Waals surface area (Å²) in [6.07, 6.45) is 0. The van der Waals surface area contributed by atoms with Crippen LogP contribution in [0.4, 0.5) is 22.7 Å². The van der Waals surface area contributed by atoms with Crippen molar-refractivity contribution in [3.8, 4) is 5.75 Å². The number of para-hydroxylation sites is 1. The van der Waals surface area contributed by atoms with Gasteiger partial charge in [0.1, 0.15) is 17.1 Å². The van der Waals surface area contributed by atoms with Gasteiger partial charge in [-0.25, -0.2) is 0 Å². The summed E-state index contributed by atoms with van der Waals surface area (Å²) in [5, 5.41) is 35.6. The van der Waals surface area contributed by atoms with Crippen molar-refractivity contribution in [3.63, 3.8) is 0 Å². The average Bonchev–Trinajstić information content (AvgIpc) is 2.70. The number of nitrogens with zero attached hydrogens (tertiary/aromatic N) is 2. The van der Waals surface area contributed by atoms with Crippen LogP contribution in [-0.2, 0) is 0 Å². The number of nitrogens with two attached hydrogens (primary N) is 1. The number of aliphatic hydroxyl groups is 1. The van der Waals surface area contributed by atoms with E-state index in [0.29, 0.717) is 42.3 Å². The van der Waals surface area contributed by atoms with E-state index < -0.39 is 9.85 Å². The zero-order valence-electron chi connectivity index (χ0n) is 16.3. The molecule has 0 aromatic heterocycles. The minimum absolute atomic E-state index is 0.0178. The van der Waals surface area contributed by atoms with E-state index in [0.717, 1.165) is 0 Å². The van der Waals surface area contributed by atoms with Crippen LogP contribution >= 0.6 is 0 Å². The second kappa shape index (κ2) is 12.1. The fourth-order valence-electron chi connectivity index (χ4n) is 2.38.